The van der Waals surface area contributed by atoms with E-state index in [1.807, 2.05) is 0 Å². The van der Waals surface area contributed by atoms with Crippen molar-refractivity contribution in [3.8, 4) is 0 Å². The molecule has 0 amide bonds. The van der Waals surface area contributed by atoms with E-state index in [4.69, 9.17) is 0 Å². The zero-order valence-corrected chi connectivity index (χ0v) is 13.6. The standard InChI is InChI=1S/C19H27P/c1-16(15-17-9-3-2-4-10-17)20(18-11-5-6-12-18)19-13-7-8-14-19/h2-4,9-10,15,18-19H,5-8,11-14H2,1H3/b16-15+. The van der Waals surface area contributed by atoms with E-state index in [2.05, 4.69) is 43.3 Å². The molecular formula is C19H27P. The van der Waals surface area contributed by atoms with Crippen molar-refractivity contribution in [2.24, 2.45) is 0 Å². The van der Waals surface area contributed by atoms with E-state index in [1.54, 1.807) is 5.31 Å². The quantitative estimate of drug-likeness (QED) is 0.561. The van der Waals surface area contributed by atoms with Crippen molar-refractivity contribution >= 4 is 14.0 Å². The van der Waals surface area contributed by atoms with Crippen molar-refractivity contribution in [2.45, 2.75) is 69.6 Å². The molecule has 0 atom stereocenters. The lowest BCUT2D eigenvalue weighted by atomic mass is 10.2. The van der Waals surface area contributed by atoms with Gasteiger partial charge in [0.05, 0.1) is 0 Å². The monoisotopic (exact) mass is 286 g/mol. The summed E-state index contributed by atoms with van der Waals surface area (Å²) in [5.74, 6) is 0. The SMILES string of the molecule is C/C(=C\c1ccccc1)P(C1CCCC1)C1CCCC1. The lowest BCUT2D eigenvalue weighted by Gasteiger charge is -2.31. The maximum Gasteiger partial charge on any atom is -0.0170 e. The molecule has 0 N–H and O–H groups in total. The molecule has 1 heteroatoms. The molecule has 2 saturated carbocycles. The Kier molecular flexibility index (Phi) is 4.94. The molecule has 1 aromatic rings. The summed E-state index contributed by atoms with van der Waals surface area (Å²) in [6.07, 6.45) is 14.4. The highest BCUT2D eigenvalue weighted by Gasteiger charge is 2.33. The lowest BCUT2D eigenvalue weighted by molar-refractivity contribution is 0.832. The molecule has 0 aromatic heterocycles. The summed E-state index contributed by atoms with van der Waals surface area (Å²) >= 11 is 0. The van der Waals surface area contributed by atoms with Crippen LogP contribution in [0.3, 0.4) is 0 Å². The van der Waals surface area contributed by atoms with E-state index in [1.165, 1.54) is 56.9 Å². The summed E-state index contributed by atoms with van der Waals surface area (Å²) < 4.78 is 0. The minimum atomic E-state index is 0.113. The Balaban J connectivity index is 1.82. The molecule has 2 fully saturated rings. The van der Waals surface area contributed by atoms with Crippen LogP contribution in [0.15, 0.2) is 35.6 Å². The van der Waals surface area contributed by atoms with Crippen LogP contribution >= 0.6 is 7.92 Å². The van der Waals surface area contributed by atoms with Crippen LogP contribution in [0.25, 0.3) is 6.08 Å². The Labute approximate surface area is 125 Å². The third kappa shape index (κ3) is 3.34. The normalized spacial score (nSPS) is 22.0. The summed E-state index contributed by atoms with van der Waals surface area (Å²) in [5.41, 5.74) is 3.47. The summed E-state index contributed by atoms with van der Waals surface area (Å²) in [6, 6.07) is 10.9. The van der Waals surface area contributed by atoms with E-state index in [9.17, 15) is 0 Å². The molecular weight excluding hydrogens is 259 g/mol. The number of benzene rings is 1. The molecule has 108 valence electrons. The van der Waals surface area contributed by atoms with Gasteiger partial charge in [-0.15, -0.1) is 0 Å². The van der Waals surface area contributed by atoms with Crippen molar-refractivity contribution in [3.05, 3.63) is 41.2 Å². The molecule has 0 heterocycles. The lowest BCUT2D eigenvalue weighted by Crippen LogP contribution is -2.10. The van der Waals surface area contributed by atoms with Crippen LogP contribution in [0.4, 0.5) is 0 Å². The van der Waals surface area contributed by atoms with E-state index in [0.717, 1.165) is 11.3 Å². The third-order valence-electron chi connectivity index (χ3n) is 5.02. The second-order valence-electron chi connectivity index (χ2n) is 6.48. The van der Waals surface area contributed by atoms with Gasteiger partial charge in [0, 0.05) is 0 Å². The Morgan fingerprint density at radius 3 is 1.90 bits per heavy atom. The number of hydrogen-bond acceptors (Lipinski definition) is 0. The smallest absolute Gasteiger partial charge is 0.0170 e. The van der Waals surface area contributed by atoms with Crippen molar-refractivity contribution in [1.82, 2.24) is 0 Å². The Hall–Kier alpha value is -0.610. The fourth-order valence-corrected chi connectivity index (χ4v) is 7.99. The van der Waals surface area contributed by atoms with Crippen LogP contribution in [0.5, 0.6) is 0 Å². The molecule has 3 rings (SSSR count). The van der Waals surface area contributed by atoms with Crippen molar-refractivity contribution < 1.29 is 0 Å². The first-order chi connectivity index (χ1) is 9.84. The van der Waals surface area contributed by atoms with Crippen LogP contribution < -0.4 is 0 Å². The molecule has 20 heavy (non-hydrogen) atoms. The predicted octanol–water partition coefficient (Wildman–Crippen LogP) is 6.41. The molecule has 0 unspecified atom stereocenters. The molecule has 0 bridgehead atoms. The third-order valence-corrected chi connectivity index (χ3v) is 8.57. The van der Waals surface area contributed by atoms with Gasteiger partial charge < -0.3 is 0 Å². The molecule has 0 radical (unpaired) electrons. The van der Waals surface area contributed by atoms with E-state index < -0.39 is 0 Å². The molecule has 0 spiro atoms. The fraction of sp³-hybridized carbons (Fsp3) is 0.579. The largest absolute Gasteiger partial charge is 0.0737 e. The van der Waals surface area contributed by atoms with Gasteiger partial charge in [-0.2, -0.15) is 0 Å². The highest BCUT2D eigenvalue weighted by Crippen LogP contribution is 2.62. The Bertz CT molecular complexity index is 420. The van der Waals surface area contributed by atoms with E-state index in [0.29, 0.717) is 0 Å². The molecule has 0 saturated heterocycles. The molecule has 0 nitrogen and oxygen atoms in total. The van der Waals surface area contributed by atoms with Crippen molar-refractivity contribution in [1.29, 1.82) is 0 Å². The summed E-state index contributed by atoms with van der Waals surface area (Å²) in [7, 11) is 0.113. The topological polar surface area (TPSA) is 0 Å². The number of hydrogen-bond donors (Lipinski definition) is 0. The van der Waals surface area contributed by atoms with Crippen LogP contribution in [-0.2, 0) is 0 Å². The van der Waals surface area contributed by atoms with E-state index >= 15 is 0 Å². The van der Waals surface area contributed by atoms with Gasteiger partial charge in [-0.1, -0.05) is 70.0 Å². The first-order valence-electron chi connectivity index (χ1n) is 8.36. The minimum absolute atomic E-state index is 0.113. The first kappa shape index (κ1) is 14.3. The Morgan fingerprint density at radius 1 is 0.900 bits per heavy atom. The van der Waals surface area contributed by atoms with Gasteiger partial charge in [-0.05, 0) is 54.8 Å². The minimum Gasteiger partial charge on any atom is -0.0737 e. The van der Waals surface area contributed by atoms with Gasteiger partial charge >= 0.3 is 0 Å². The fourth-order valence-electron chi connectivity index (χ4n) is 4.10. The van der Waals surface area contributed by atoms with Gasteiger partial charge in [0.1, 0.15) is 0 Å². The van der Waals surface area contributed by atoms with E-state index in [-0.39, 0.29) is 7.92 Å². The van der Waals surface area contributed by atoms with Crippen LogP contribution in [0, 0.1) is 0 Å². The second kappa shape index (κ2) is 6.90. The van der Waals surface area contributed by atoms with Gasteiger partial charge in [0.15, 0.2) is 0 Å². The average molecular weight is 286 g/mol. The van der Waals surface area contributed by atoms with Crippen molar-refractivity contribution in [3.63, 3.8) is 0 Å². The predicted molar refractivity (Wildman–Crippen MR) is 91.5 cm³/mol. The molecule has 2 aliphatic carbocycles. The van der Waals surface area contributed by atoms with Gasteiger partial charge in [-0.3, -0.25) is 0 Å². The zero-order chi connectivity index (χ0) is 13.8. The van der Waals surface area contributed by atoms with Crippen molar-refractivity contribution in [2.75, 3.05) is 0 Å². The van der Waals surface area contributed by atoms with Gasteiger partial charge in [0.25, 0.3) is 0 Å². The Morgan fingerprint density at radius 2 is 1.40 bits per heavy atom. The van der Waals surface area contributed by atoms with Crippen LogP contribution in [0.2, 0.25) is 0 Å². The van der Waals surface area contributed by atoms with Gasteiger partial charge in [0.2, 0.25) is 0 Å². The highest BCUT2D eigenvalue weighted by atomic mass is 31.1. The maximum atomic E-state index is 2.49. The maximum absolute atomic E-state index is 2.49. The number of allylic oxidation sites excluding steroid dienone is 1. The second-order valence-corrected chi connectivity index (χ2v) is 9.46. The van der Waals surface area contributed by atoms with Gasteiger partial charge in [-0.25, -0.2) is 0 Å². The zero-order valence-electron chi connectivity index (χ0n) is 12.7. The molecule has 2 aliphatic rings. The average Bonchev–Trinajstić information content (AvgIpc) is 3.14. The summed E-state index contributed by atoms with van der Waals surface area (Å²) in [5, 5.41) is 1.71. The first-order valence-corrected chi connectivity index (χ1v) is 9.84. The van der Waals surface area contributed by atoms with Crippen LogP contribution in [-0.4, -0.2) is 11.3 Å². The summed E-state index contributed by atoms with van der Waals surface area (Å²) in [6.45, 7) is 2.43. The highest BCUT2D eigenvalue weighted by molar-refractivity contribution is 7.63. The van der Waals surface area contributed by atoms with Crippen LogP contribution in [0.1, 0.15) is 63.9 Å². The molecule has 0 aliphatic heterocycles. The number of rotatable bonds is 4. The summed E-state index contributed by atoms with van der Waals surface area (Å²) in [4.78, 5) is 0. The molecule has 1 aromatic carbocycles.